The third-order valence-corrected chi connectivity index (χ3v) is 4.53. The Morgan fingerprint density at radius 1 is 1.29 bits per heavy atom. The fourth-order valence-corrected chi connectivity index (χ4v) is 3.31. The van der Waals surface area contributed by atoms with E-state index >= 15 is 0 Å². The van der Waals surface area contributed by atoms with Crippen LogP contribution < -0.4 is 0 Å². The minimum Gasteiger partial charge on any atom is -0.481 e. The maximum atomic E-state index is 12.2. The molecule has 132 valence electrons. The second kappa shape index (κ2) is 7.01. The predicted molar refractivity (Wildman–Crippen MR) is 92.4 cm³/mol. The van der Waals surface area contributed by atoms with Gasteiger partial charge in [0.05, 0.1) is 6.42 Å². The molecule has 1 heterocycles. The van der Waals surface area contributed by atoms with Gasteiger partial charge in [0, 0.05) is 23.5 Å². The van der Waals surface area contributed by atoms with Gasteiger partial charge in [0.25, 0.3) is 0 Å². The van der Waals surface area contributed by atoms with Crippen molar-refractivity contribution < 1.29 is 19.4 Å². The molecule has 1 aromatic rings. The first-order valence-electron chi connectivity index (χ1n) is 8.07. The van der Waals surface area contributed by atoms with Crippen LogP contribution in [-0.4, -0.2) is 40.8 Å². The summed E-state index contributed by atoms with van der Waals surface area (Å²) in [6.45, 7) is 6.42. The van der Waals surface area contributed by atoms with Crippen LogP contribution in [0.3, 0.4) is 0 Å². The number of carboxylic acid groups (broad SMARTS) is 1. The average molecular weight is 354 g/mol. The van der Waals surface area contributed by atoms with Crippen LogP contribution in [0.5, 0.6) is 0 Å². The van der Waals surface area contributed by atoms with E-state index in [1.807, 2.05) is 39.0 Å². The quantitative estimate of drug-likeness (QED) is 0.888. The van der Waals surface area contributed by atoms with Crippen LogP contribution in [0, 0.1) is 0 Å². The lowest BCUT2D eigenvalue weighted by Crippen LogP contribution is -2.47. The number of halogens is 1. The summed E-state index contributed by atoms with van der Waals surface area (Å²) in [5.74, 6) is -0.847. The van der Waals surface area contributed by atoms with Crippen molar-refractivity contribution in [3.63, 3.8) is 0 Å². The van der Waals surface area contributed by atoms with Gasteiger partial charge in [-0.25, -0.2) is 4.79 Å². The average Bonchev–Trinajstić information content (AvgIpc) is 2.45. The van der Waals surface area contributed by atoms with E-state index in [0.29, 0.717) is 31.0 Å². The van der Waals surface area contributed by atoms with Crippen molar-refractivity contribution in [2.24, 2.45) is 0 Å². The topological polar surface area (TPSA) is 66.8 Å². The second-order valence-electron chi connectivity index (χ2n) is 7.33. The zero-order valence-electron chi connectivity index (χ0n) is 14.3. The van der Waals surface area contributed by atoms with Crippen molar-refractivity contribution in [2.45, 2.75) is 51.0 Å². The molecule has 0 unspecified atom stereocenters. The number of rotatable bonds is 3. The van der Waals surface area contributed by atoms with Crippen LogP contribution in [0.15, 0.2) is 24.3 Å². The zero-order chi connectivity index (χ0) is 18.0. The Hall–Kier alpha value is -1.75. The molecule has 0 radical (unpaired) electrons. The van der Waals surface area contributed by atoms with Crippen molar-refractivity contribution in [2.75, 3.05) is 13.1 Å². The van der Waals surface area contributed by atoms with Crippen LogP contribution in [-0.2, 0) is 14.9 Å². The number of piperidine rings is 1. The molecule has 1 aliphatic heterocycles. The summed E-state index contributed by atoms with van der Waals surface area (Å²) in [4.78, 5) is 25.2. The van der Waals surface area contributed by atoms with Crippen LogP contribution in [0.2, 0.25) is 5.02 Å². The fourth-order valence-electron chi connectivity index (χ4n) is 3.12. The van der Waals surface area contributed by atoms with Gasteiger partial charge in [0.1, 0.15) is 5.60 Å². The Balaban J connectivity index is 2.16. The van der Waals surface area contributed by atoms with Crippen LogP contribution in [0.4, 0.5) is 4.79 Å². The number of carbonyl (C=O) groups is 2. The maximum absolute atomic E-state index is 12.2. The highest BCUT2D eigenvalue weighted by Gasteiger charge is 2.40. The molecule has 1 aliphatic rings. The Bertz CT molecular complexity index is 616. The first-order chi connectivity index (χ1) is 11.1. The minimum absolute atomic E-state index is 0.0233. The van der Waals surface area contributed by atoms with E-state index in [0.717, 1.165) is 5.56 Å². The molecule has 0 saturated carbocycles. The molecule has 5 nitrogen and oxygen atoms in total. The fraction of sp³-hybridized carbons (Fsp3) is 0.556. The predicted octanol–water partition coefficient (Wildman–Crippen LogP) is 4.08. The Morgan fingerprint density at radius 2 is 1.92 bits per heavy atom. The molecule has 2 rings (SSSR count). The number of amides is 1. The van der Waals surface area contributed by atoms with Gasteiger partial charge in [0.2, 0.25) is 0 Å². The van der Waals surface area contributed by atoms with Crippen molar-refractivity contribution in [1.29, 1.82) is 0 Å². The van der Waals surface area contributed by atoms with Gasteiger partial charge in [-0.15, -0.1) is 0 Å². The van der Waals surface area contributed by atoms with E-state index in [9.17, 15) is 14.7 Å². The molecule has 1 saturated heterocycles. The number of aliphatic carboxylic acids is 1. The molecule has 0 bridgehead atoms. The number of hydrogen-bond donors (Lipinski definition) is 1. The standard InChI is InChI=1S/C18H24ClNO4/c1-17(2,3)24-16(23)20-9-7-18(8-10-20,12-15(21)22)13-5-4-6-14(19)11-13/h4-6,11H,7-10,12H2,1-3H3,(H,21,22). The summed E-state index contributed by atoms with van der Waals surface area (Å²) < 4.78 is 5.40. The lowest BCUT2D eigenvalue weighted by molar-refractivity contribution is -0.139. The van der Waals surface area contributed by atoms with Crippen molar-refractivity contribution >= 4 is 23.7 Å². The highest BCUT2D eigenvalue weighted by Crippen LogP contribution is 2.39. The first-order valence-corrected chi connectivity index (χ1v) is 8.45. The van der Waals surface area contributed by atoms with Gasteiger partial charge >= 0.3 is 12.1 Å². The van der Waals surface area contributed by atoms with Crippen molar-refractivity contribution in [1.82, 2.24) is 4.90 Å². The van der Waals surface area contributed by atoms with E-state index in [2.05, 4.69) is 0 Å². The van der Waals surface area contributed by atoms with E-state index in [-0.39, 0.29) is 12.5 Å². The second-order valence-corrected chi connectivity index (χ2v) is 7.77. The molecular formula is C18H24ClNO4. The van der Waals surface area contributed by atoms with Crippen LogP contribution >= 0.6 is 11.6 Å². The number of hydrogen-bond acceptors (Lipinski definition) is 3. The third-order valence-electron chi connectivity index (χ3n) is 4.30. The van der Waals surface area contributed by atoms with E-state index < -0.39 is 17.0 Å². The number of nitrogens with zero attached hydrogens (tertiary/aromatic N) is 1. The van der Waals surface area contributed by atoms with Crippen LogP contribution in [0.1, 0.15) is 45.6 Å². The molecule has 1 N–H and O–H groups in total. The van der Waals surface area contributed by atoms with Gasteiger partial charge < -0.3 is 14.7 Å². The largest absolute Gasteiger partial charge is 0.481 e. The number of ether oxygens (including phenoxy) is 1. The molecule has 0 aliphatic carbocycles. The SMILES string of the molecule is CC(C)(C)OC(=O)N1CCC(CC(=O)O)(c2cccc(Cl)c2)CC1. The van der Waals surface area contributed by atoms with Crippen LogP contribution in [0.25, 0.3) is 0 Å². The lowest BCUT2D eigenvalue weighted by atomic mass is 9.70. The highest BCUT2D eigenvalue weighted by molar-refractivity contribution is 6.30. The molecule has 1 aromatic carbocycles. The first kappa shape index (κ1) is 18.6. The van der Waals surface area contributed by atoms with E-state index in [4.69, 9.17) is 16.3 Å². The molecule has 0 atom stereocenters. The highest BCUT2D eigenvalue weighted by atomic mass is 35.5. The molecule has 6 heteroatoms. The summed E-state index contributed by atoms with van der Waals surface area (Å²) in [7, 11) is 0. The summed E-state index contributed by atoms with van der Waals surface area (Å²) in [5.41, 5.74) is -0.129. The summed E-state index contributed by atoms with van der Waals surface area (Å²) in [5, 5.41) is 9.94. The molecule has 24 heavy (non-hydrogen) atoms. The molecule has 0 spiro atoms. The van der Waals surface area contributed by atoms with Gasteiger partial charge in [-0.3, -0.25) is 4.79 Å². The van der Waals surface area contributed by atoms with Crippen molar-refractivity contribution in [3.8, 4) is 0 Å². The van der Waals surface area contributed by atoms with E-state index in [1.54, 1.807) is 11.0 Å². The van der Waals surface area contributed by atoms with Gasteiger partial charge in [0.15, 0.2) is 0 Å². The summed E-state index contributed by atoms with van der Waals surface area (Å²) >= 11 is 6.08. The zero-order valence-corrected chi connectivity index (χ0v) is 15.1. The third kappa shape index (κ3) is 4.63. The van der Waals surface area contributed by atoms with Gasteiger partial charge in [-0.2, -0.15) is 0 Å². The number of benzene rings is 1. The smallest absolute Gasteiger partial charge is 0.410 e. The normalized spacial score (nSPS) is 17.4. The summed E-state index contributed by atoms with van der Waals surface area (Å²) in [6.07, 6.45) is 0.810. The van der Waals surface area contributed by atoms with Gasteiger partial charge in [-0.05, 0) is 51.3 Å². The monoisotopic (exact) mass is 353 g/mol. The van der Waals surface area contributed by atoms with Crippen molar-refractivity contribution in [3.05, 3.63) is 34.9 Å². The van der Waals surface area contributed by atoms with Gasteiger partial charge in [-0.1, -0.05) is 23.7 Å². The number of likely N-dealkylation sites (tertiary alicyclic amines) is 1. The van der Waals surface area contributed by atoms with E-state index in [1.165, 1.54) is 0 Å². The molecular weight excluding hydrogens is 330 g/mol. The summed E-state index contributed by atoms with van der Waals surface area (Å²) in [6, 6.07) is 7.35. The number of carbonyl (C=O) groups excluding carboxylic acids is 1. The molecule has 1 amide bonds. The molecule has 1 fully saturated rings. The molecule has 0 aromatic heterocycles. The Labute approximate surface area is 147 Å². The Kier molecular flexibility index (Phi) is 5.43. The lowest BCUT2D eigenvalue weighted by Gasteiger charge is -2.41. The minimum atomic E-state index is -0.847. The Morgan fingerprint density at radius 3 is 2.42 bits per heavy atom. The maximum Gasteiger partial charge on any atom is 0.410 e. The number of carboxylic acids is 1.